The van der Waals surface area contributed by atoms with Crippen molar-refractivity contribution in [2.75, 3.05) is 13.1 Å². The Morgan fingerprint density at radius 2 is 2.07 bits per heavy atom. The van der Waals surface area contributed by atoms with Gasteiger partial charge >= 0.3 is 5.97 Å². The molecule has 14 heavy (non-hydrogen) atoms. The predicted molar refractivity (Wildman–Crippen MR) is 51.8 cm³/mol. The molecule has 4 nitrogen and oxygen atoms in total. The van der Waals surface area contributed by atoms with Crippen LogP contribution in [0.1, 0.15) is 33.1 Å². The molecule has 0 atom stereocenters. The molecule has 1 heterocycles. The van der Waals surface area contributed by atoms with E-state index in [4.69, 9.17) is 5.11 Å². The van der Waals surface area contributed by atoms with E-state index in [0.717, 1.165) is 12.8 Å². The molecule has 0 bridgehead atoms. The zero-order valence-corrected chi connectivity index (χ0v) is 8.75. The van der Waals surface area contributed by atoms with Crippen molar-refractivity contribution < 1.29 is 14.7 Å². The Balaban J connectivity index is 2.52. The molecule has 1 amide bonds. The number of nitrogens with zero attached hydrogens (tertiary/aromatic N) is 1. The Morgan fingerprint density at radius 3 is 2.57 bits per heavy atom. The second-order valence-electron chi connectivity index (χ2n) is 4.65. The molecule has 1 saturated heterocycles. The van der Waals surface area contributed by atoms with Crippen molar-refractivity contribution in [3.63, 3.8) is 0 Å². The van der Waals surface area contributed by atoms with Crippen LogP contribution >= 0.6 is 0 Å². The van der Waals surface area contributed by atoms with Gasteiger partial charge in [0.2, 0.25) is 5.91 Å². The van der Waals surface area contributed by atoms with Crippen LogP contribution in [0.5, 0.6) is 0 Å². The van der Waals surface area contributed by atoms with Gasteiger partial charge in [0.05, 0.1) is 0 Å². The van der Waals surface area contributed by atoms with E-state index in [1.54, 1.807) is 4.90 Å². The largest absolute Gasteiger partial charge is 0.481 e. The third-order valence-electron chi connectivity index (χ3n) is 2.56. The summed E-state index contributed by atoms with van der Waals surface area (Å²) in [5, 5.41) is 8.50. The smallest absolute Gasteiger partial charge is 0.312 e. The lowest BCUT2D eigenvalue weighted by atomic mass is 9.84. The first-order chi connectivity index (χ1) is 6.41. The van der Waals surface area contributed by atoms with Gasteiger partial charge in [0, 0.05) is 13.1 Å². The first-order valence-electron chi connectivity index (χ1n) is 4.90. The van der Waals surface area contributed by atoms with Gasteiger partial charge < -0.3 is 10.0 Å². The van der Waals surface area contributed by atoms with Crippen molar-refractivity contribution in [1.82, 2.24) is 4.90 Å². The Hall–Kier alpha value is -1.06. The summed E-state index contributed by atoms with van der Waals surface area (Å²) in [5.74, 6) is -1.30. The van der Waals surface area contributed by atoms with Crippen molar-refractivity contribution >= 4 is 11.9 Å². The van der Waals surface area contributed by atoms with E-state index in [0.29, 0.717) is 13.1 Å². The third-order valence-corrected chi connectivity index (χ3v) is 2.56. The molecule has 0 aromatic heterocycles. The quantitative estimate of drug-likeness (QED) is 0.678. The molecule has 1 aliphatic rings. The highest BCUT2D eigenvalue weighted by molar-refractivity contribution is 5.93. The second-order valence-corrected chi connectivity index (χ2v) is 4.65. The Morgan fingerprint density at radius 1 is 1.43 bits per heavy atom. The van der Waals surface area contributed by atoms with E-state index in [1.165, 1.54) is 0 Å². The highest BCUT2D eigenvalue weighted by Gasteiger charge is 2.29. The van der Waals surface area contributed by atoms with Gasteiger partial charge in [0.1, 0.15) is 6.42 Å². The van der Waals surface area contributed by atoms with E-state index < -0.39 is 5.97 Å². The fourth-order valence-electron chi connectivity index (χ4n) is 1.88. The number of carboxylic acids is 1. The van der Waals surface area contributed by atoms with Crippen molar-refractivity contribution in [3.8, 4) is 0 Å². The number of aliphatic carboxylic acids is 1. The van der Waals surface area contributed by atoms with Crippen molar-refractivity contribution in [2.24, 2.45) is 5.41 Å². The first-order valence-corrected chi connectivity index (χ1v) is 4.90. The number of carboxylic acid groups (broad SMARTS) is 1. The molecular formula is C10H17NO3. The second kappa shape index (κ2) is 3.98. The standard InChI is InChI=1S/C10H17NO3/c1-10(2)4-3-5-11(7-10)8(12)6-9(13)14/h3-7H2,1-2H3,(H,13,14). The lowest BCUT2D eigenvalue weighted by Gasteiger charge is -2.37. The monoisotopic (exact) mass is 199 g/mol. The molecule has 1 fully saturated rings. The number of hydrogen-bond acceptors (Lipinski definition) is 2. The van der Waals surface area contributed by atoms with Crippen LogP contribution in [-0.2, 0) is 9.59 Å². The Labute approximate surface area is 83.9 Å². The Kier molecular flexibility index (Phi) is 3.13. The van der Waals surface area contributed by atoms with Gasteiger partial charge in [-0.1, -0.05) is 13.8 Å². The van der Waals surface area contributed by atoms with Crippen molar-refractivity contribution in [2.45, 2.75) is 33.1 Å². The van der Waals surface area contributed by atoms with Crippen molar-refractivity contribution in [3.05, 3.63) is 0 Å². The molecule has 0 aliphatic carbocycles. The molecule has 1 N–H and O–H groups in total. The highest BCUT2D eigenvalue weighted by atomic mass is 16.4. The average molecular weight is 199 g/mol. The summed E-state index contributed by atoms with van der Waals surface area (Å²) in [6.07, 6.45) is 1.69. The SMILES string of the molecule is CC1(C)CCCN(C(=O)CC(=O)O)C1. The number of rotatable bonds is 2. The Bertz CT molecular complexity index is 248. The van der Waals surface area contributed by atoms with Gasteiger partial charge in [-0.25, -0.2) is 0 Å². The summed E-state index contributed by atoms with van der Waals surface area (Å²) in [4.78, 5) is 23.5. The predicted octanol–water partition coefficient (Wildman–Crippen LogP) is 1.11. The van der Waals surface area contributed by atoms with Crippen molar-refractivity contribution in [1.29, 1.82) is 0 Å². The van der Waals surface area contributed by atoms with Crippen LogP contribution in [0, 0.1) is 5.41 Å². The summed E-state index contributed by atoms with van der Waals surface area (Å²) in [6.45, 7) is 5.59. The molecule has 0 aromatic carbocycles. The van der Waals surface area contributed by atoms with E-state index in [2.05, 4.69) is 13.8 Å². The van der Waals surface area contributed by atoms with Gasteiger partial charge in [-0.05, 0) is 18.3 Å². The lowest BCUT2D eigenvalue weighted by molar-refractivity contribution is -0.145. The molecule has 4 heteroatoms. The normalized spacial score (nSPS) is 20.6. The molecule has 0 radical (unpaired) electrons. The number of carbonyl (C=O) groups excluding carboxylic acids is 1. The van der Waals surface area contributed by atoms with Crippen LogP contribution in [0.15, 0.2) is 0 Å². The minimum Gasteiger partial charge on any atom is -0.481 e. The topological polar surface area (TPSA) is 57.6 Å². The first kappa shape index (κ1) is 11.0. The number of piperidine rings is 1. The van der Waals surface area contributed by atoms with E-state index >= 15 is 0 Å². The minimum atomic E-state index is -1.04. The lowest BCUT2D eigenvalue weighted by Crippen LogP contribution is -2.44. The molecular weight excluding hydrogens is 182 g/mol. The molecule has 0 saturated carbocycles. The zero-order chi connectivity index (χ0) is 10.8. The molecule has 80 valence electrons. The van der Waals surface area contributed by atoms with Gasteiger partial charge in [-0.2, -0.15) is 0 Å². The maximum absolute atomic E-state index is 11.4. The van der Waals surface area contributed by atoms with Crippen LogP contribution in [-0.4, -0.2) is 35.0 Å². The highest BCUT2D eigenvalue weighted by Crippen LogP contribution is 2.28. The summed E-state index contributed by atoms with van der Waals surface area (Å²) in [7, 11) is 0. The van der Waals surface area contributed by atoms with Gasteiger partial charge in [0.25, 0.3) is 0 Å². The summed E-state index contributed by atoms with van der Waals surface area (Å²) in [6, 6.07) is 0. The number of hydrogen-bond donors (Lipinski definition) is 1. The average Bonchev–Trinajstić information content (AvgIpc) is 2.01. The van der Waals surface area contributed by atoms with Crippen LogP contribution in [0.25, 0.3) is 0 Å². The van der Waals surface area contributed by atoms with Crippen LogP contribution in [0.3, 0.4) is 0 Å². The number of likely N-dealkylation sites (tertiary alicyclic amines) is 1. The molecule has 0 aromatic rings. The summed E-state index contributed by atoms with van der Waals surface area (Å²) in [5.41, 5.74) is 0.131. The fourth-order valence-corrected chi connectivity index (χ4v) is 1.88. The fraction of sp³-hybridized carbons (Fsp3) is 0.800. The third kappa shape index (κ3) is 3.01. The van der Waals surface area contributed by atoms with E-state index in [1.807, 2.05) is 0 Å². The molecule has 0 spiro atoms. The summed E-state index contributed by atoms with van der Waals surface area (Å²) < 4.78 is 0. The van der Waals surface area contributed by atoms with Gasteiger partial charge in [0.15, 0.2) is 0 Å². The molecule has 0 unspecified atom stereocenters. The number of amides is 1. The van der Waals surface area contributed by atoms with Crippen LogP contribution in [0.2, 0.25) is 0 Å². The maximum Gasteiger partial charge on any atom is 0.312 e. The van der Waals surface area contributed by atoms with Gasteiger partial charge in [-0.15, -0.1) is 0 Å². The maximum atomic E-state index is 11.4. The van der Waals surface area contributed by atoms with E-state index in [9.17, 15) is 9.59 Å². The number of carbonyl (C=O) groups is 2. The van der Waals surface area contributed by atoms with Gasteiger partial charge in [-0.3, -0.25) is 9.59 Å². The summed E-state index contributed by atoms with van der Waals surface area (Å²) >= 11 is 0. The zero-order valence-electron chi connectivity index (χ0n) is 8.75. The van der Waals surface area contributed by atoms with E-state index in [-0.39, 0.29) is 17.7 Å². The van der Waals surface area contributed by atoms with Crippen LogP contribution < -0.4 is 0 Å². The minimum absolute atomic E-state index is 0.131. The van der Waals surface area contributed by atoms with Crippen LogP contribution in [0.4, 0.5) is 0 Å². The molecule has 1 rings (SSSR count). The molecule has 1 aliphatic heterocycles.